The van der Waals surface area contributed by atoms with Crippen molar-refractivity contribution in [2.24, 2.45) is 7.05 Å². The van der Waals surface area contributed by atoms with E-state index < -0.39 is 11.6 Å². The minimum absolute atomic E-state index is 0.00310. The van der Waals surface area contributed by atoms with E-state index in [0.29, 0.717) is 17.3 Å². The Morgan fingerprint density at radius 3 is 2.43 bits per heavy atom. The minimum Gasteiger partial charge on any atom is -0.295 e. The lowest BCUT2D eigenvalue weighted by Gasteiger charge is -2.13. The molecule has 0 N–H and O–H groups in total. The molecule has 0 bridgehead atoms. The second-order valence-corrected chi connectivity index (χ2v) is 5.57. The summed E-state index contributed by atoms with van der Waals surface area (Å²) < 4.78 is 29.4. The van der Waals surface area contributed by atoms with Crippen molar-refractivity contribution in [2.45, 2.75) is 20.3 Å². The van der Waals surface area contributed by atoms with Crippen LogP contribution >= 0.6 is 0 Å². The van der Waals surface area contributed by atoms with Gasteiger partial charge < -0.3 is 0 Å². The van der Waals surface area contributed by atoms with E-state index in [1.807, 2.05) is 19.9 Å². The van der Waals surface area contributed by atoms with Gasteiger partial charge in [0.1, 0.15) is 17.5 Å². The molecule has 0 aliphatic rings. The highest BCUT2D eigenvalue weighted by atomic mass is 19.1. The van der Waals surface area contributed by atoms with Gasteiger partial charge in [-0.05, 0) is 42.7 Å². The van der Waals surface area contributed by atoms with Crippen LogP contribution in [0.25, 0.3) is 22.3 Å². The second-order valence-electron chi connectivity index (χ2n) is 5.57. The smallest absolute Gasteiger partial charge is 0.261 e. The fraction of sp³-hybridized carbons (Fsp3) is 0.222. The largest absolute Gasteiger partial charge is 0.295 e. The monoisotopic (exact) mass is 314 g/mol. The van der Waals surface area contributed by atoms with Gasteiger partial charge in [-0.2, -0.15) is 0 Å². The molecule has 0 fully saturated rings. The van der Waals surface area contributed by atoms with E-state index in [1.165, 1.54) is 17.7 Å². The molecule has 0 aliphatic heterocycles. The van der Waals surface area contributed by atoms with Crippen LogP contribution in [0.5, 0.6) is 0 Å². The van der Waals surface area contributed by atoms with E-state index in [1.54, 1.807) is 6.07 Å². The Kier molecular flexibility index (Phi) is 3.72. The van der Waals surface area contributed by atoms with Gasteiger partial charge in [0.05, 0.1) is 16.5 Å². The zero-order chi connectivity index (χ0) is 16.7. The molecule has 3 aromatic rings. The first-order valence-corrected chi connectivity index (χ1v) is 7.38. The van der Waals surface area contributed by atoms with Gasteiger partial charge in [0.25, 0.3) is 5.56 Å². The zero-order valence-electron chi connectivity index (χ0n) is 13.2. The van der Waals surface area contributed by atoms with E-state index in [-0.39, 0.29) is 16.9 Å². The summed E-state index contributed by atoms with van der Waals surface area (Å²) in [5.74, 6) is -1.48. The maximum atomic E-state index is 14.1. The molecule has 3 nitrogen and oxygen atoms in total. The molecule has 0 radical (unpaired) electrons. The summed E-state index contributed by atoms with van der Waals surface area (Å²) in [5, 5.41) is 0.463. The molecule has 118 valence electrons. The number of hydrogen-bond donors (Lipinski definition) is 0. The zero-order valence-corrected chi connectivity index (χ0v) is 13.2. The first-order chi connectivity index (χ1) is 10.9. The highest BCUT2D eigenvalue weighted by Crippen LogP contribution is 2.26. The Morgan fingerprint density at radius 2 is 1.83 bits per heavy atom. The van der Waals surface area contributed by atoms with Crippen molar-refractivity contribution >= 4 is 10.9 Å². The summed E-state index contributed by atoms with van der Waals surface area (Å²) in [6, 6.07) is 7.30. The number of nitrogens with zero attached hydrogens (tertiary/aromatic N) is 2. The normalized spacial score (nSPS) is 11.2. The molecule has 3 rings (SSSR count). The van der Waals surface area contributed by atoms with E-state index in [9.17, 15) is 13.6 Å². The maximum absolute atomic E-state index is 14.1. The van der Waals surface area contributed by atoms with Crippen LogP contribution in [-0.2, 0) is 13.5 Å². The molecule has 0 saturated heterocycles. The summed E-state index contributed by atoms with van der Waals surface area (Å²) in [4.78, 5) is 17.1. The number of hydrogen-bond acceptors (Lipinski definition) is 2. The van der Waals surface area contributed by atoms with Crippen molar-refractivity contribution in [3.63, 3.8) is 0 Å². The lowest BCUT2D eigenvalue weighted by atomic mass is 10.0. The third-order valence-electron chi connectivity index (χ3n) is 3.97. The maximum Gasteiger partial charge on any atom is 0.261 e. The molecule has 2 aromatic carbocycles. The van der Waals surface area contributed by atoms with Crippen molar-refractivity contribution in [3.8, 4) is 11.4 Å². The lowest BCUT2D eigenvalue weighted by Crippen LogP contribution is -2.21. The van der Waals surface area contributed by atoms with Crippen molar-refractivity contribution in [2.75, 3.05) is 0 Å². The standard InChI is InChI=1S/C18H16F2N2O/c1-4-11-8-10(2)9-12-16(11)21-17(22(3)18(12)23)15-13(19)6-5-7-14(15)20/h5-9H,4H2,1-3H3. The number of halogens is 2. The number of fused-ring (bicyclic) bond motifs is 1. The molecule has 0 spiro atoms. The number of aryl methyl sites for hydroxylation is 2. The van der Waals surface area contributed by atoms with Gasteiger partial charge in [-0.3, -0.25) is 9.36 Å². The van der Waals surface area contributed by atoms with Gasteiger partial charge in [-0.1, -0.05) is 19.1 Å². The summed E-state index contributed by atoms with van der Waals surface area (Å²) >= 11 is 0. The fourth-order valence-electron chi connectivity index (χ4n) is 2.81. The van der Waals surface area contributed by atoms with Crippen LogP contribution in [0.15, 0.2) is 35.1 Å². The summed E-state index contributed by atoms with van der Waals surface area (Å²) in [7, 11) is 1.48. The molecule has 0 saturated carbocycles. The van der Waals surface area contributed by atoms with E-state index in [0.717, 1.165) is 23.3 Å². The Labute approximate surface area is 132 Å². The van der Waals surface area contributed by atoms with Gasteiger partial charge in [0.15, 0.2) is 0 Å². The molecule has 0 unspecified atom stereocenters. The second kappa shape index (κ2) is 5.57. The van der Waals surface area contributed by atoms with Crippen LogP contribution in [0.2, 0.25) is 0 Å². The van der Waals surface area contributed by atoms with Gasteiger partial charge in [0, 0.05) is 7.05 Å². The number of benzene rings is 2. The van der Waals surface area contributed by atoms with E-state index in [4.69, 9.17) is 0 Å². The molecule has 0 aliphatic carbocycles. The lowest BCUT2D eigenvalue weighted by molar-refractivity contribution is 0.585. The molecular weight excluding hydrogens is 298 g/mol. The molecule has 5 heteroatoms. The number of aromatic nitrogens is 2. The Balaban J connectivity index is 2.47. The van der Waals surface area contributed by atoms with E-state index in [2.05, 4.69) is 4.98 Å². The van der Waals surface area contributed by atoms with Gasteiger partial charge in [0.2, 0.25) is 0 Å². The summed E-state index contributed by atoms with van der Waals surface area (Å²) in [5.41, 5.74) is 1.75. The van der Waals surface area contributed by atoms with Crippen molar-refractivity contribution in [1.29, 1.82) is 0 Å². The van der Waals surface area contributed by atoms with Crippen LogP contribution in [0, 0.1) is 18.6 Å². The van der Waals surface area contributed by atoms with Gasteiger partial charge >= 0.3 is 0 Å². The third kappa shape index (κ3) is 2.42. The molecular formula is C18H16F2N2O. The Hall–Kier alpha value is -2.56. The first-order valence-electron chi connectivity index (χ1n) is 7.38. The molecule has 0 amide bonds. The fourth-order valence-corrected chi connectivity index (χ4v) is 2.81. The van der Waals surface area contributed by atoms with Crippen LogP contribution in [0.3, 0.4) is 0 Å². The van der Waals surface area contributed by atoms with Crippen LogP contribution in [0.4, 0.5) is 8.78 Å². The molecule has 1 heterocycles. The summed E-state index contributed by atoms with van der Waals surface area (Å²) in [6.07, 6.45) is 0.678. The molecule has 0 atom stereocenters. The predicted octanol–water partition coefficient (Wildman–Crippen LogP) is 3.75. The third-order valence-corrected chi connectivity index (χ3v) is 3.97. The molecule has 1 aromatic heterocycles. The predicted molar refractivity (Wildman–Crippen MR) is 86.5 cm³/mol. The van der Waals surface area contributed by atoms with Crippen molar-refractivity contribution in [3.05, 3.63) is 63.4 Å². The average molecular weight is 314 g/mol. The van der Waals surface area contributed by atoms with Crippen LogP contribution in [-0.4, -0.2) is 9.55 Å². The summed E-state index contributed by atoms with van der Waals surface area (Å²) in [6.45, 7) is 3.86. The van der Waals surface area contributed by atoms with Gasteiger partial charge in [-0.25, -0.2) is 13.8 Å². The number of rotatable bonds is 2. The van der Waals surface area contributed by atoms with E-state index >= 15 is 0 Å². The minimum atomic E-state index is -0.739. The van der Waals surface area contributed by atoms with Crippen LogP contribution < -0.4 is 5.56 Å². The first kappa shape index (κ1) is 15.3. The van der Waals surface area contributed by atoms with Crippen molar-refractivity contribution in [1.82, 2.24) is 9.55 Å². The SMILES string of the molecule is CCc1cc(C)cc2c(=O)n(C)c(-c3c(F)cccc3F)nc12. The Morgan fingerprint density at radius 1 is 1.17 bits per heavy atom. The van der Waals surface area contributed by atoms with Crippen molar-refractivity contribution < 1.29 is 8.78 Å². The highest BCUT2D eigenvalue weighted by molar-refractivity contribution is 5.83. The van der Waals surface area contributed by atoms with Crippen LogP contribution in [0.1, 0.15) is 18.1 Å². The molecule has 23 heavy (non-hydrogen) atoms. The Bertz CT molecular complexity index is 957. The highest BCUT2D eigenvalue weighted by Gasteiger charge is 2.18. The van der Waals surface area contributed by atoms with Gasteiger partial charge in [-0.15, -0.1) is 0 Å². The average Bonchev–Trinajstić information content (AvgIpc) is 2.51. The topological polar surface area (TPSA) is 34.9 Å². The quantitative estimate of drug-likeness (QED) is 0.722.